The van der Waals surface area contributed by atoms with Crippen LogP contribution in [0.3, 0.4) is 0 Å². The second-order valence-corrected chi connectivity index (χ2v) is 6.73. The van der Waals surface area contributed by atoms with Crippen molar-refractivity contribution in [3.63, 3.8) is 0 Å². The van der Waals surface area contributed by atoms with Crippen molar-refractivity contribution >= 4 is 34.1 Å². The number of halogens is 1. The number of nitrogens with zero attached hydrogens (tertiary/aromatic N) is 3. The molecule has 3 rings (SSSR count). The second kappa shape index (κ2) is 8.27. The number of hydrogen-bond donors (Lipinski definition) is 1. The molecule has 0 unspecified atom stereocenters. The van der Waals surface area contributed by atoms with Gasteiger partial charge in [-0.2, -0.15) is 0 Å². The molecular formula is C19H17ClN4O5. The van der Waals surface area contributed by atoms with Crippen LogP contribution < -0.4 is 16.6 Å². The first-order chi connectivity index (χ1) is 13.8. The molecule has 0 saturated heterocycles. The van der Waals surface area contributed by atoms with E-state index >= 15 is 0 Å². The summed E-state index contributed by atoms with van der Waals surface area (Å²) >= 11 is 6.03. The first kappa shape index (κ1) is 20.3. The van der Waals surface area contributed by atoms with E-state index in [2.05, 4.69) is 5.32 Å². The summed E-state index contributed by atoms with van der Waals surface area (Å²) in [6, 6.07) is 9.56. The van der Waals surface area contributed by atoms with Crippen LogP contribution in [-0.2, 0) is 11.3 Å². The summed E-state index contributed by atoms with van der Waals surface area (Å²) in [6.07, 6.45) is 0.723. The molecule has 150 valence electrons. The highest BCUT2D eigenvalue weighted by atomic mass is 35.5. The van der Waals surface area contributed by atoms with Gasteiger partial charge in [0.1, 0.15) is 6.54 Å². The van der Waals surface area contributed by atoms with Gasteiger partial charge in [-0.15, -0.1) is 0 Å². The highest BCUT2D eigenvalue weighted by Crippen LogP contribution is 2.18. The predicted octanol–water partition coefficient (Wildman–Crippen LogP) is 2.24. The molecule has 0 fully saturated rings. The van der Waals surface area contributed by atoms with Crippen LogP contribution in [0.1, 0.15) is 13.3 Å². The molecule has 0 spiro atoms. The lowest BCUT2D eigenvalue weighted by Crippen LogP contribution is -2.42. The van der Waals surface area contributed by atoms with Gasteiger partial charge >= 0.3 is 5.69 Å². The molecule has 1 amide bonds. The minimum atomic E-state index is -0.795. The minimum Gasteiger partial charge on any atom is -0.355 e. The summed E-state index contributed by atoms with van der Waals surface area (Å²) < 4.78 is 1.95. The van der Waals surface area contributed by atoms with Crippen molar-refractivity contribution in [3.05, 3.63) is 78.4 Å². The molecule has 29 heavy (non-hydrogen) atoms. The number of hydrogen-bond acceptors (Lipinski definition) is 5. The van der Waals surface area contributed by atoms with Crippen LogP contribution in [0.25, 0.3) is 16.6 Å². The Morgan fingerprint density at radius 1 is 1.21 bits per heavy atom. The van der Waals surface area contributed by atoms with E-state index in [-0.39, 0.29) is 28.8 Å². The summed E-state index contributed by atoms with van der Waals surface area (Å²) in [5.74, 6) is -0.403. The quantitative estimate of drug-likeness (QED) is 0.488. The van der Waals surface area contributed by atoms with Crippen LogP contribution in [0.4, 0.5) is 5.69 Å². The number of rotatable bonds is 6. The number of nitrogens with one attached hydrogen (secondary N) is 1. The first-order valence-corrected chi connectivity index (χ1v) is 9.18. The summed E-state index contributed by atoms with van der Waals surface area (Å²) in [4.78, 5) is 48.8. The smallest absolute Gasteiger partial charge is 0.336 e. The fourth-order valence-electron chi connectivity index (χ4n) is 2.93. The molecular weight excluding hydrogens is 400 g/mol. The highest BCUT2D eigenvalue weighted by Gasteiger charge is 2.18. The maximum absolute atomic E-state index is 13.1. The molecule has 0 aliphatic carbocycles. The number of non-ortho nitro benzene ring substituents is 1. The Balaban J connectivity index is 2.29. The van der Waals surface area contributed by atoms with E-state index in [4.69, 9.17) is 11.6 Å². The van der Waals surface area contributed by atoms with Gasteiger partial charge in [0.25, 0.3) is 11.2 Å². The Hall–Kier alpha value is -3.46. The van der Waals surface area contributed by atoms with E-state index in [1.54, 1.807) is 0 Å². The molecule has 0 aliphatic heterocycles. The van der Waals surface area contributed by atoms with Crippen molar-refractivity contribution in [2.24, 2.45) is 0 Å². The van der Waals surface area contributed by atoms with Gasteiger partial charge in [-0.1, -0.05) is 24.6 Å². The fourth-order valence-corrected chi connectivity index (χ4v) is 3.10. The Bertz CT molecular complexity index is 1230. The Morgan fingerprint density at radius 3 is 2.66 bits per heavy atom. The number of carbonyl (C=O) groups is 1. The van der Waals surface area contributed by atoms with Gasteiger partial charge in [-0.3, -0.25) is 24.3 Å². The number of nitro benzene ring substituents is 1. The average Bonchev–Trinajstić information content (AvgIpc) is 2.69. The van der Waals surface area contributed by atoms with E-state index in [0.717, 1.165) is 21.6 Å². The summed E-state index contributed by atoms with van der Waals surface area (Å²) in [5.41, 5.74) is -1.48. The molecule has 9 nitrogen and oxygen atoms in total. The maximum atomic E-state index is 13.1. The van der Waals surface area contributed by atoms with Crippen molar-refractivity contribution in [1.82, 2.24) is 14.5 Å². The van der Waals surface area contributed by atoms with Crippen LogP contribution in [0.15, 0.2) is 52.1 Å². The van der Waals surface area contributed by atoms with Gasteiger partial charge in [-0.05, 0) is 30.7 Å². The van der Waals surface area contributed by atoms with Crippen LogP contribution in [0, 0.1) is 10.1 Å². The van der Waals surface area contributed by atoms with Crippen LogP contribution in [0.5, 0.6) is 0 Å². The lowest BCUT2D eigenvalue weighted by atomic mass is 10.2. The van der Waals surface area contributed by atoms with Gasteiger partial charge in [0.15, 0.2) is 0 Å². The van der Waals surface area contributed by atoms with Crippen LogP contribution in [-0.4, -0.2) is 26.5 Å². The minimum absolute atomic E-state index is 0.0359. The van der Waals surface area contributed by atoms with Crippen LogP contribution >= 0.6 is 11.6 Å². The summed E-state index contributed by atoms with van der Waals surface area (Å²) in [6.45, 7) is 2.01. The normalized spacial score (nSPS) is 10.8. The van der Waals surface area contributed by atoms with Crippen molar-refractivity contribution in [1.29, 1.82) is 0 Å². The number of fused-ring (bicyclic) bond motifs is 1. The topological polar surface area (TPSA) is 116 Å². The molecule has 0 atom stereocenters. The maximum Gasteiger partial charge on any atom is 0.336 e. The Kier molecular flexibility index (Phi) is 5.79. The molecule has 0 radical (unpaired) electrons. The molecule has 1 heterocycles. The van der Waals surface area contributed by atoms with Gasteiger partial charge in [0.2, 0.25) is 5.91 Å². The number of nitro groups is 1. The SMILES string of the molecule is CCCNC(=O)Cn1c(=O)n(-c2cccc([N+](=O)[O-])c2)c(=O)c2ccc(Cl)cc21. The van der Waals surface area contributed by atoms with Gasteiger partial charge < -0.3 is 5.32 Å². The van der Waals surface area contributed by atoms with Crippen molar-refractivity contribution < 1.29 is 9.72 Å². The highest BCUT2D eigenvalue weighted by molar-refractivity contribution is 6.31. The van der Waals surface area contributed by atoms with E-state index in [1.165, 1.54) is 36.4 Å². The number of amides is 1. The third-order valence-corrected chi connectivity index (χ3v) is 4.51. The number of aromatic nitrogens is 2. The predicted molar refractivity (Wildman–Crippen MR) is 109 cm³/mol. The average molecular weight is 417 g/mol. The first-order valence-electron chi connectivity index (χ1n) is 8.80. The standard InChI is InChI=1S/C19H17ClN4O5/c1-2-8-21-17(25)11-22-16-9-12(20)6-7-15(16)18(26)23(19(22)27)13-4-3-5-14(10-13)24(28)29/h3-7,9-10H,2,8,11H2,1H3,(H,21,25). The van der Waals surface area contributed by atoms with E-state index in [1.807, 2.05) is 6.92 Å². The molecule has 2 aromatic carbocycles. The van der Waals surface area contributed by atoms with Gasteiger partial charge in [0.05, 0.1) is 21.5 Å². The van der Waals surface area contributed by atoms with Gasteiger partial charge in [0, 0.05) is 23.7 Å². The Labute approximate surface area is 169 Å². The zero-order chi connectivity index (χ0) is 21.1. The summed E-state index contributed by atoms with van der Waals surface area (Å²) in [7, 11) is 0. The number of carbonyl (C=O) groups excluding carboxylic acids is 1. The summed E-state index contributed by atoms with van der Waals surface area (Å²) in [5, 5.41) is 14.2. The lowest BCUT2D eigenvalue weighted by Gasteiger charge is -2.14. The third-order valence-electron chi connectivity index (χ3n) is 4.28. The lowest BCUT2D eigenvalue weighted by molar-refractivity contribution is -0.384. The second-order valence-electron chi connectivity index (χ2n) is 6.30. The van der Waals surface area contributed by atoms with Crippen LogP contribution in [0.2, 0.25) is 5.02 Å². The molecule has 0 saturated carbocycles. The van der Waals surface area contributed by atoms with Gasteiger partial charge in [-0.25, -0.2) is 9.36 Å². The Morgan fingerprint density at radius 2 is 1.97 bits per heavy atom. The molecule has 1 aromatic heterocycles. The fraction of sp³-hybridized carbons (Fsp3) is 0.211. The van der Waals surface area contributed by atoms with E-state index in [0.29, 0.717) is 11.6 Å². The monoisotopic (exact) mass is 416 g/mol. The number of benzene rings is 2. The molecule has 10 heteroatoms. The molecule has 1 N–H and O–H groups in total. The largest absolute Gasteiger partial charge is 0.355 e. The zero-order valence-corrected chi connectivity index (χ0v) is 16.2. The molecule has 0 bridgehead atoms. The zero-order valence-electron chi connectivity index (χ0n) is 15.4. The van der Waals surface area contributed by atoms with Crippen molar-refractivity contribution in [3.8, 4) is 5.69 Å². The van der Waals surface area contributed by atoms with E-state index in [9.17, 15) is 24.5 Å². The van der Waals surface area contributed by atoms with Crippen molar-refractivity contribution in [2.45, 2.75) is 19.9 Å². The molecule has 0 aliphatic rings. The van der Waals surface area contributed by atoms with Crippen molar-refractivity contribution in [2.75, 3.05) is 6.54 Å². The van der Waals surface area contributed by atoms with E-state index < -0.39 is 22.1 Å². The molecule has 3 aromatic rings. The third kappa shape index (κ3) is 4.04.